The fraction of sp³-hybridized carbons (Fsp3) is 0.500. The maximum Gasteiger partial charge on any atom is 0.242 e. The number of rotatable bonds is 12. The molecule has 0 aliphatic carbocycles. The van der Waals surface area contributed by atoms with Gasteiger partial charge in [-0.1, -0.05) is 49.7 Å². The van der Waals surface area contributed by atoms with Crippen LogP contribution < -0.4 is 9.62 Å². The molecule has 0 heterocycles. The summed E-state index contributed by atoms with van der Waals surface area (Å²) >= 11 is 0. The highest BCUT2D eigenvalue weighted by Gasteiger charge is 2.26. The van der Waals surface area contributed by atoms with Crippen LogP contribution in [0.3, 0.4) is 0 Å². The van der Waals surface area contributed by atoms with Gasteiger partial charge in [0, 0.05) is 26.1 Å². The minimum absolute atomic E-state index is 0.129. The van der Waals surface area contributed by atoms with Crippen molar-refractivity contribution in [2.75, 3.05) is 23.7 Å². The first-order valence-corrected chi connectivity index (χ1v) is 14.3. The number of hydrogen-bond donors (Lipinski definition) is 1. The van der Waals surface area contributed by atoms with Gasteiger partial charge < -0.3 is 10.2 Å². The lowest BCUT2D eigenvalue weighted by Crippen LogP contribution is -2.48. The van der Waals surface area contributed by atoms with Gasteiger partial charge in [0.2, 0.25) is 21.8 Å². The molecule has 0 spiro atoms. The Morgan fingerprint density at radius 2 is 1.67 bits per heavy atom. The number of carbonyl (C=O) groups excluding carboxylic acids is 2. The van der Waals surface area contributed by atoms with Crippen molar-refractivity contribution in [2.24, 2.45) is 5.92 Å². The van der Waals surface area contributed by atoms with Crippen molar-refractivity contribution >= 4 is 27.5 Å². The zero-order chi connectivity index (χ0) is 27.0. The lowest BCUT2D eigenvalue weighted by atomic mass is 10.1. The smallest absolute Gasteiger partial charge is 0.242 e. The summed E-state index contributed by atoms with van der Waals surface area (Å²) in [7, 11) is -3.52. The van der Waals surface area contributed by atoms with Crippen LogP contribution in [-0.4, -0.2) is 50.5 Å². The number of amides is 2. The van der Waals surface area contributed by atoms with Crippen LogP contribution >= 0.6 is 0 Å². The molecule has 2 aromatic carbocycles. The third kappa shape index (κ3) is 8.66. The first kappa shape index (κ1) is 29.4. The van der Waals surface area contributed by atoms with Gasteiger partial charge in [0.05, 0.1) is 11.9 Å². The Kier molecular flexibility index (Phi) is 10.5. The number of carbonyl (C=O) groups is 2. The normalized spacial score (nSPS) is 12.3. The average molecular weight is 516 g/mol. The van der Waals surface area contributed by atoms with Crippen LogP contribution in [0.1, 0.15) is 55.9 Å². The molecule has 0 aliphatic heterocycles. The largest absolute Gasteiger partial charge is 0.354 e. The zero-order valence-corrected chi connectivity index (χ0v) is 23.5. The van der Waals surface area contributed by atoms with Crippen molar-refractivity contribution in [2.45, 2.75) is 67.0 Å². The van der Waals surface area contributed by atoms with Gasteiger partial charge in [0.15, 0.2) is 0 Å². The van der Waals surface area contributed by atoms with Crippen molar-refractivity contribution in [3.63, 3.8) is 0 Å². The predicted octanol–water partition coefficient (Wildman–Crippen LogP) is 4.35. The molecular formula is C28H41N3O4S. The van der Waals surface area contributed by atoms with E-state index in [0.717, 1.165) is 22.3 Å². The summed E-state index contributed by atoms with van der Waals surface area (Å²) in [5.41, 5.74) is 4.70. The summed E-state index contributed by atoms with van der Waals surface area (Å²) < 4.78 is 26.4. The van der Waals surface area contributed by atoms with Gasteiger partial charge in [-0.05, 0) is 68.9 Å². The maximum absolute atomic E-state index is 13.4. The van der Waals surface area contributed by atoms with Gasteiger partial charge in [0.1, 0.15) is 6.04 Å². The summed E-state index contributed by atoms with van der Waals surface area (Å²) in [6, 6.07) is 12.8. The van der Waals surface area contributed by atoms with Gasteiger partial charge in [-0.25, -0.2) is 8.42 Å². The van der Waals surface area contributed by atoms with Crippen LogP contribution in [0.25, 0.3) is 0 Å². The molecule has 0 saturated carbocycles. The fourth-order valence-electron chi connectivity index (χ4n) is 3.93. The van der Waals surface area contributed by atoms with Crippen LogP contribution in [0.15, 0.2) is 42.5 Å². The molecule has 1 N–H and O–H groups in total. The third-order valence-electron chi connectivity index (χ3n) is 6.22. The number of benzene rings is 2. The second-order valence-corrected chi connectivity index (χ2v) is 11.9. The fourth-order valence-corrected chi connectivity index (χ4v) is 4.88. The zero-order valence-electron chi connectivity index (χ0n) is 22.7. The molecule has 2 amide bonds. The number of sulfonamides is 1. The van der Waals surface area contributed by atoms with E-state index in [2.05, 4.69) is 5.32 Å². The average Bonchev–Trinajstić information content (AvgIpc) is 2.79. The molecule has 36 heavy (non-hydrogen) atoms. The topological polar surface area (TPSA) is 86.8 Å². The minimum Gasteiger partial charge on any atom is -0.354 e. The Labute approximate surface area is 216 Å². The highest BCUT2D eigenvalue weighted by atomic mass is 32.2. The van der Waals surface area contributed by atoms with E-state index >= 15 is 0 Å². The van der Waals surface area contributed by atoms with E-state index in [4.69, 9.17) is 0 Å². The minimum atomic E-state index is -3.52. The van der Waals surface area contributed by atoms with Crippen molar-refractivity contribution in [1.29, 1.82) is 0 Å². The molecule has 7 nitrogen and oxygen atoms in total. The Hall–Kier alpha value is -2.87. The summed E-state index contributed by atoms with van der Waals surface area (Å²) in [5, 5.41) is 2.92. The molecule has 1 atom stereocenters. The third-order valence-corrected chi connectivity index (χ3v) is 7.41. The van der Waals surface area contributed by atoms with E-state index in [1.54, 1.807) is 17.9 Å². The van der Waals surface area contributed by atoms with E-state index in [1.807, 2.05) is 71.0 Å². The number of anilines is 1. The van der Waals surface area contributed by atoms with Crippen molar-refractivity contribution in [3.05, 3.63) is 64.7 Å². The summed E-state index contributed by atoms with van der Waals surface area (Å²) in [4.78, 5) is 27.8. The monoisotopic (exact) mass is 515 g/mol. The highest BCUT2D eigenvalue weighted by molar-refractivity contribution is 7.92. The maximum atomic E-state index is 13.4. The lowest BCUT2D eigenvalue weighted by Gasteiger charge is -2.30. The molecule has 2 aromatic rings. The molecule has 0 aromatic heterocycles. The Bertz CT molecular complexity index is 1160. The van der Waals surface area contributed by atoms with E-state index in [0.29, 0.717) is 31.1 Å². The first-order valence-electron chi connectivity index (χ1n) is 12.5. The molecule has 0 saturated heterocycles. The van der Waals surface area contributed by atoms with Crippen LogP contribution in [-0.2, 0) is 26.2 Å². The highest BCUT2D eigenvalue weighted by Crippen LogP contribution is 2.22. The van der Waals surface area contributed by atoms with E-state index in [-0.39, 0.29) is 24.8 Å². The SMILES string of the molecule is Cc1cccc(CN(C(=O)CCCN(c2ccc(C)c(C)c2)S(C)(=O)=O)[C@@H](C)C(=O)NCC(C)C)c1. The molecule has 8 heteroatoms. The van der Waals surface area contributed by atoms with Gasteiger partial charge >= 0.3 is 0 Å². The summed E-state index contributed by atoms with van der Waals surface area (Å²) in [6.45, 7) is 12.7. The number of hydrogen-bond acceptors (Lipinski definition) is 4. The van der Waals surface area contributed by atoms with E-state index in [9.17, 15) is 18.0 Å². The molecule has 198 valence electrons. The van der Waals surface area contributed by atoms with Gasteiger partial charge in [-0.15, -0.1) is 0 Å². The van der Waals surface area contributed by atoms with Crippen LogP contribution in [0.5, 0.6) is 0 Å². The number of nitrogens with one attached hydrogen (secondary N) is 1. The second-order valence-electron chi connectivity index (χ2n) is 10.0. The summed E-state index contributed by atoms with van der Waals surface area (Å²) in [6.07, 6.45) is 1.64. The molecule has 0 fully saturated rings. The molecule has 0 radical (unpaired) electrons. The molecule has 0 unspecified atom stereocenters. The van der Waals surface area contributed by atoms with Crippen molar-refractivity contribution in [3.8, 4) is 0 Å². The Balaban J connectivity index is 2.18. The molecular weight excluding hydrogens is 474 g/mol. The van der Waals surface area contributed by atoms with Crippen LogP contribution in [0, 0.1) is 26.7 Å². The van der Waals surface area contributed by atoms with E-state index in [1.165, 1.54) is 10.6 Å². The van der Waals surface area contributed by atoms with Crippen molar-refractivity contribution < 1.29 is 18.0 Å². The summed E-state index contributed by atoms with van der Waals surface area (Å²) in [5.74, 6) is -0.0794. The first-order chi connectivity index (χ1) is 16.8. The number of aryl methyl sites for hydroxylation is 3. The molecule has 2 rings (SSSR count). The van der Waals surface area contributed by atoms with E-state index < -0.39 is 16.1 Å². The lowest BCUT2D eigenvalue weighted by molar-refractivity contribution is -0.140. The van der Waals surface area contributed by atoms with Gasteiger partial charge in [-0.2, -0.15) is 0 Å². The van der Waals surface area contributed by atoms with Crippen LogP contribution in [0.2, 0.25) is 0 Å². The number of nitrogens with zero attached hydrogens (tertiary/aromatic N) is 2. The Morgan fingerprint density at radius 1 is 0.972 bits per heavy atom. The molecule has 0 aliphatic rings. The predicted molar refractivity (Wildman–Crippen MR) is 146 cm³/mol. The second kappa shape index (κ2) is 12.9. The van der Waals surface area contributed by atoms with Gasteiger partial charge in [-0.3, -0.25) is 13.9 Å². The standard InChI is InChI=1S/C28H41N3O4S/c1-20(2)18-29-28(33)24(6)30(19-25-11-8-10-21(3)16-25)27(32)12-9-15-31(36(7,34)35)26-14-13-22(4)23(5)17-26/h8,10-11,13-14,16-17,20,24H,9,12,15,18-19H2,1-7H3,(H,29,33)/t24-/m0/s1. The molecule has 0 bridgehead atoms. The quantitative estimate of drug-likeness (QED) is 0.455. The van der Waals surface area contributed by atoms with Crippen molar-refractivity contribution in [1.82, 2.24) is 10.2 Å². The van der Waals surface area contributed by atoms with Crippen LogP contribution in [0.4, 0.5) is 5.69 Å². The van der Waals surface area contributed by atoms with Gasteiger partial charge in [0.25, 0.3) is 0 Å². The Morgan fingerprint density at radius 3 is 2.25 bits per heavy atom.